The predicted molar refractivity (Wildman–Crippen MR) is 117 cm³/mol. The molecule has 0 amide bonds. The van der Waals surface area contributed by atoms with E-state index >= 15 is 0 Å². The molecule has 3 aromatic rings. The average molecular weight is 364 g/mol. The molecule has 0 unspecified atom stereocenters. The standard InChI is InChI=1S/C27H25N/c1-3-4-5-6-22-7-9-23(10-8-22)11-12-24-15-18-27(21(2)19-24)26-16-13-25(20-28)14-17-26/h7-10,13-19H,3-6H2,1-2H3. The number of nitriles is 1. The van der Waals surface area contributed by atoms with Crippen molar-refractivity contribution in [3.05, 3.63) is 94.5 Å². The maximum Gasteiger partial charge on any atom is 0.0991 e. The zero-order chi connectivity index (χ0) is 19.8. The fraction of sp³-hybridized carbons (Fsp3) is 0.222. The van der Waals surface area contributed by atoms with Crippen LogP contribution in [0.2, 0.25) is 0 Å². The van der Waals surface area contributed by atoms with Crippen molar-refractivity contribution < 1.29 is 0 Å². The van der Waals surface area contributed by atoms with Crippen molar-refractivity contribution in [2.45, 2.75) is 39.5 Å². The Kier molecular flexibility index (Phi) is 6.67. The van der Waals surface area contributed by atoms with Crippen LogP contribution < -0.4 is 0 Å². The lowest BCUT2D eigenvalue weighted by atomic mass is 9.97. The summed E-state index contributed by atoms with van der Waals surface area (Å²) in [5.74, 6) is 6.55. The molecule has 0 saturated carbocycles. The Morgan fingerprint density at radius 1 is 0.750 bits per heavy atom. The predicted octanol–water partition coefficient (Wildman–Crippen LogP) is 6.67. The van der Waals surface area contributed by atoms with E-state index in [0.29, 0.717) is 5.56 Å². The van der Waals surface area contributed by atoms with Gasteiger partial charge in [-0.25, -0.2) is 0 Å². The van der Waals surface area contributed by atoms with Gasteiger partial charge in [0.2, 0.25) is 0 Å². The molecule has 0 saturated heterocycles. The number of hydrogen-bond acceptors (Lipinski definition) is 1. The minimum atomic E-state index is 0.681. The van der Waals surface area contributed by atoms with Crippen molar-refractivity contribution in [3.8, 4) is 29.0 Å². The first kappa shape index (κ1) is 19.5. The monoisotopic (exact) mass is 363 g/mol. The van der Waals surface area contributed by atoms with E-state index in [0.717, 1.165) is 23.1 Å². The Bertz CT molecular complexity index is 1020. The molecule has 1 heteroatoms. The van der Waals surface area contributed by atoms with Gasteiger partial charge >= 0.3 is 0 Å². The maximum atomic E-state index is 8.94. The van der Waals surface area contributed by atoms with Gasteiger partial charge in [-0.15, -0.1) is 0 Å². The van der Waals surface area contributed by atoms with Gasteiger partial charge in [0.05, 0.1) is 11.6 Å². The summed E-state index contributed by atoms with van der Waals surface area (Å²) in [6.07, 6.45) is 4.95. The average Bonchev–Trinajstić information content (AvgIpc) is 2.73. The van der Waals surface area contributed by atoms with Crippen molar-refractivity contribution in [2.75, 3.05) is 0 Å². The lowest BCUT2D eigenvalue weighted by molar-refractivity contribution is 0.717. The largest absolute Gasteiger partial charge is 0.192 e. The third-order valence-corrected chi connectivity index (χ3v) is 4.93. The van der Waals surface area contributed by atoms with Crippen LogP contribution in [0.15, 0.2) is 66.7 Å². The van der Waals surface area contributed by atoms with Gasteiger partial charge < -0.3 is 0 Å². The summed E-state index contributed by atoms with van der Waals surface area (Å²) in [6.45, 7) is 4.33. The highest BCUT2D eigenvalue weighted by molar-refractivity contribution is 5.69. The second-order valence-corrected chi connectivity index (χ2v) is 7.12. The Balaban J connectivity index is 1.72. The van der Waals surface area contributed by atoms with Gasteiger partial charge in [-0.05, 0) is 78.4 Å². The molecule has 0 aliphatic heterocycles. The van der Waals surface area contributed by atoms with Gasteiger partial charge in [-0.2, -0.15) is 5.26 Å². The molecule has 3 rings (SSSR count). The number of unbranched alkanes of at least 4 members (excludes halogenated alkanes) is 2. The van der Waals surface area contributed by atoms with Crippen LogP contribution >= 0.6 is 0 Å². The summed E-state index contributed by atoms with van der Waals surface area (Å²) in [7, 11) is 0. The Labute approximate surface area is 168 Å². The third kappa shape index (κ3) is 5.12. The van der Waals surface area contributed by atoms with E-state index < -0.39 is 0 Å². The number of hydrogen-bond donors (Lipinski definition) is 0. The van der Waals surface area contributed by atoms with Crippen LogP contribution in [0.5, 0.6) is 0 Å². The molecule has 0 aliphatic rings. The molecule has 0 aliphatic carbocycles. The molecule has 28 heavy (non-hydrogen) atoms. The minimum absolute atomic E-state index is 0.681. The van der Waals surface area contributed by atoms with E-state index in [1.165, 1.54) is 36.0 Å². The van der Waals surface area contributed by atoms with Gasteiger partial charge in [0.25, 0.3) is 0 Å². The molecular weight excluding hydrogens is 338 g/mol. The summed E-state index contributed by atoms with van der Waals surface area (Å²) >= 11 is 0. The maximum absolute atomic E-state index is 8.94. The zero-order valence-corrected chi connectivity index (χ0v) is 16.6. The molecule has 0 atom stereocenters. The SMILES string of the molecule is CCCCCc1ccc(C#Cc2ccc(-c3ccc(C#N)cc3)c(C)c2)cc1. The van der Waals surface area contributed by atoms with Crippen LogP contribution in [-0.4, -0.2) is 0 Å². The number of benzene rings is 3. The molecule has 0 aromatic heterocycles. The van der Waals surface area contributed by atoms with E-state index in [1.807, 2.05) is 24.3 Å². The van der Waals surface area contributed by atoms with Crippen molar-refractivity contribution in [1.82, 2.24) is 0 Å². The molecule has 0 heterocycles. The van der Waals surface area contributed by atoms with E-state index in [9.17, 15) is 0 Å². The number of nitrogens with zero attached hydrogens (tertiary/aromatic N) is 1. The molecular formula is C27H25N. The fourth-order valence-corrected chi connectivity index (χ4v) is 3.27. The first-order valence-electron chi connectivity index (χ1n) is 9.92. The van der Waals surface area contributed by atoms with Gasteiger partial charge in [-0.1, -0.05) is 61.9 Å². The van der Waals surface area contributed by atoms with Crippen LogP contribution in [-0.2, 0) is 6.42 Å². The number of aryl methyl sites for hydroxylation is 2. The second kappa shape index (κ2) is 9.59. The van der Waals surface area contributed by atoms with E-state index in [4.69, 9.17) is 5.26 Å². The summed E-state index contributed by atoms with van der Waals surface area (Å²) in [6, 6.07) is 24.8. The summed E-state index contributed by atoms with van der Waals surface area (Å²) in [5, 5.41) is 8.94. The van der Waals surface area contributed by atoms with Crippen LogP contribution in [0, 0.1) is 30.1 Å². The summed E-state index contributed by atoms with van der Waals surface area (Å²) in [4.78, 5) is 0. The van der Waals surface area contributed by atoms with Crippen LogP contribution in [0.25, 0.3) is 11.1 Å². The molecule has 0 N–H and O–H groups in total. The Morgan fingerprint density at radius 3 is 2.04 bits per heavy atom. The summed E-state index contributed by atoms with van der Waals surface area (Å²) in [5.41, 5.74) is 7.61. The minimum Gasteiger partial charge on any atom is -0.192 e. The van der Waals surface area contributed by atoms with E-state index in [-0.39, 0.29) is 0 Å². The molecule has 0 bridgehead atoms. The van der Waals surface area contributed by atoms with Crippen molar-refractivity contribution in [2.24, 2.45) is 0 Å². The highest BCUT2D eigenvalue weighted by atomic mass is 14.2. The van der Waals surface area contributed by atoms with Crippen molar-refractivity contribution in [3.63, 3.8) is 0 Å². The van der Waals surface area contributed by atoms with Gasteiger partial charge in [0, 0.05) is 11.1 Å². The summed E-state index contributed by atoms with van der Waals surface area (Å²) < 4.78 is 0. The third-order valence-electron chi connectivity index (χ3n) is 4.93. The van der Waals surface area contributed by atoms with Gasteiger partial charge in [0.15, 0.2) is 0 Å². The van der Waals surface area contributed by atoms with Crippen LogP contribution in [0.1, 0.15) is 54.0 Å². The first-order chi connectivity index (χ1) is 13.7. The quantitative estimate of drug-likeness (QED) is 0.367. The zero-order valence-electron chi connectivity index (χ0n) is 16.6. The molecule has 1 nitrogen and oxygen atoms in total. The van der Waals surface area contributed by atoms with Crippen LogP contribution in [0.3, 0.4) is 0 Å². The molecule has 3 aromatic carbocycles. The van der Waals surface area contributed by atoms with Crippen molar-refractivity contribution in [1.29, 1.82) is 5.26 Å². The molecule has 138 valence electrons. The smallest absolute Gasteiger partial charge is 0.0991 e. The highest BCUT2D eigenvalue weighted by Crippen LogP contribution is 2.24. The first-order valence-corrected chi connectivity index (χ1v) is 9.92. The highest BCUT2D eigenvalue weighted by Gasteiger charge is 2.03. The van der Waals surface area contributed by atoms with Crippen LogP contribution in [0.4, 0.5) is 0 Å². The normalized spacial score (nSPS) is 10.0. The molecule has 0 radical (unpaired) electrons. The van der Waals surface area contributed by atoms with Gasteiger partial charge in [-0.3, -0.25) is 0 Å². The second-order valence-electron chi connectivity index (χ2n) is 7.12. The van der Waals surface area contributed by atoms with Gasteiger partial charge in [0.1, 0.15) is 0 Å². The van der Waals surface area contributed by atoms with E-state index in [2.05, 4.69) is 74.2 Å². The fourth-order valence-electron chi connectivity index (χ4n) is 3.27. The lowest BCUT2D eigenvalue weighted by Gasteiger charge is -2.06. The lowest BCUT2D eigenvalue weighted by Crippen LogP contribution is -1.87. The number of rotatable bonds is 5. The van der Waals surface area contributed by atoms with Crippen molar-refractivity contribution >= 4 is 0 Å². The molecule has 0 fully saturated rings. The Hall–Kier alpha value is -3.29. The topological polar surface area (TPSA) is 23.8 Å². The van der Waals surface area contributed by atoms with E-state index in [1.54, 1.807) is 0 Å². The molecule has 0 spiro atoms. The Morgan fingerprint density at radius 2 is 1.39 bits per heavy atom.